The first-order chi connectivity index (χ1) is 22.3. The smallest absolute Gasteiger partial charge is 0.236 e. The van der Waals surface area contributed by atoms with Gasteiger partial charge < -0.3 is 0 Å². The van der Waals surface area contributed by atoms with Gasteiger partial charge in [-0.15, -0.1) is 0 Å². The third-order valence-corrected chi connectivity index (χ3v) is 10.3. The second-order valence-corrected chi connectivity index (χ2v) is 12.7. The number of hydrogen-bond donors (Lipinski definition) is 0. The van der Waals surface area contributed by atoms with Gasteiger partial charge in [0, 0.05) is 24.0 Å². The molecule has 0 aliphatic carbocycles. The molecule has 2 nitrogen and oxygen atoms in total. The van der Waals surface area contributed by atoms with E-state index in [0.717, 1.165) is 12.8 Å². The van der Waals surface area contributed by atoms with Gasteiger partial charge in [-0.2, -0.15) is 0 Å². The van der Waals surface area contributed by atoms with Crippen LogP contribution in [0.4, 0.5) is 0 Å². The first kappa shape index (κ1) is 26.2. The van der Waals surface area contributed by atoms with E-state index in [-0.39, 0.29) is 24.2 Å². The Morgan fingerprint density at radius 3 is 1.56 bits per heavy atom. The molecular formula is C43H35N2+. The van der Waals surface area contributed by atoms with Crippen molar-refractivity contribution in [1.82, 2.24) is 4.90 Å². The predicted molar refractivity (Wildman–Crippen MR) is 183 cm³/mol. The minimum absolute atomic E-state index is 0.251. The van der Waals surface area contributed by atoms with Crippen LogP contribution in [0.1, 0.15) is 57.5 Å². The van der Waals surface area contributed by atoms with Gasteiger partial charge in [0.2, 0.25) is 6.34 Å². The lowest BCUT2D eigenvalue weighted by Crippen LogP contribution is -2.37. The Kier molecular flexibility index (Phi) is 6.26. The van der Waals surface area contributed by atoms with Crippen LogP contribution in [0, 0.1) is 0 Å². The molecule has 6 aromatic rings. The van der Waals surface area contributed by atoms with Gasteiger partial charge >= 0.3 is 0 Å². The summed E-state index contributed by atoms with van der Waals surface area (Å²) in [5.41, 5.74) is 13.7. The van der Waals surface area contributed by atoms with Gasteiger partial charge in [0.05, 0.1) is 0 Å². The van der Waals surface area contributed by atoms with Crippen molar-refractivity contribution in [3.8, 4) is 22.3 Å². The van der Waals surface area contributed by atoms with E-state index in [2.05, 4.69) is 174 Å². The largest absolute Gasteiger partial charge is 0.249 e. The highest BCUT2D eigenvalue weighted by Gasteiger charge is 2.54. The third kappa shape index (κ3) is 4.44. The Morgan fingerprint density at radius 2 is 0.933 bits per heavy atom. The van der Waals surface area contributed by atoms with E-state index < -0.39 is 0 Å². The fraction of sp³-hybridized carbons (Fsp3) is 0.140. The van der Waals surface area contributed by atoms with E-state index in [1.165, 1.54) is 55.6 Å². The van der Waals surface area contributed by atoms with Crippen LogP contribution in [0.5, 0.6) is 0 Å². The summed E-state index contributed by atoms with van der Waals surface area (Å²) >= 11 is 0. The van der Waals surface area contributed by atoms with Gasteiger partial charge in [-0.05, 0) is 44.5 Å². The summed E-state index contributed by atoms with van der Waals surface area (Å²) < 4.78 is 2.69. The quantitative estimate of drug-likeness (QED) is 0.188. The van der Waals surface area contributed by atoms with Gasteiger partial charge in [0.25, 0.3) is 0 Å². The minimum Gasteiger partial charge on any atom is -0.249 e. The van der Waals surface area contributed by atoms with E-state index in [1.54, 1.807) is 0 Å². The summed E-state index contributed by atoms with van der Waals surface area (Å²) in [5.74, 6) is 0. The van der Waals surface area contributed by atoms with E-state index in [1.807, 2.05) is 0 Å². The topological polar surface area (TPSA) is 6.25 Å². The van der Waals surface area contributed by atoms with Crippen LogP contribution in [-0.4, -0.2) is 15.8 Å². The van der Waals surface area contributed by atoms with Crippen LogP contribution >= 0.6 is 0 Å². The standard InChI is InChI=1S/C43H35N2/c1-3-11-30(12-4-1)32-19-23-34(24-20-32)40-27-36-15-7-9-17-38(36)42-43-39-18-10-8-16-37(39)28-41(45(43)29-44(40)42)35-25-21-33(22-26-35)31-13-5-2-6-14-31/h1-26,29,40-43H,27-28H2/q+1/t40-,41-,42-,43-/m1/s1. The van der Waals surface area contributed by atoms with Crippen LogP contribution in [-0.2, 0) is 12.8 Å². The third-order valence-electron chi connectivity index (χ3n) is 10.3. The van der Waals surface area contributed by atoms with Crippen molar-refractivity contribution in [2.24, 2.45) is 0 Å². The molecule has 0 spiro atoms. The van der Waals surface area contributed by atoms with Crippen LogP contribution < -0.4 is 0 Å². The van der Waals surface area contributed by atoms with Crippen molar-refractivity contribution in [3.05, 3.63) is 191 Å². The second-order valence-electron chi connectivity index (χ2n) is 12.7. The van der Waals surface area contributed by atoms with Crippen molar-refractivity contribution in [3.63, 3.8) is 0 Å². The van der Waals surface area contributed by atoms with Crippen LogP contribution in [0.15, 0.2) is 158 Å². The normalized spacial score (nSPS) is 21.2. The minimum atomic E-state index is 0.251. The molecule has 9 rings (SSSR count). The maximum Gasteiger partial charge on any atom is 0.236 e. The first-order valence-corrected chi connectivity index (χ1v) is 16.2. The average molecular weight is 580 g/mol. The molecule has 3 aliphatic heterocycles. The lowest BCUT2D eigenvalue weighted by molar-refractivity contribution is -0.609. The van der Waals surface area contributed by atoms with E-state index >= 15 is 0 Å². The van der Waals surface area contributed by atoms with Gasteiger partial charge in [-0.3, -0.25) is 0 Å². The van der Waals surface area contributed by atoms with Crippen molar-refractivity contribution < 1.29 is 4.58 Å². The molecule has 0 N–H and O–H groups in total. The van der Waals surface area contributed by atoms with Crippen molar-refractivity contribution in [2.45, 2.75) is 37.0 Å². The molecule has 4 atom stereocenters. The van der Waals surface area contributed by atoms with E-state index in [0.29, 0.717) is 0 Å². The molecular weight excluding hydrogens is 544 g/mol. The Labute approximate surface area is 265 Å². The zero-order valence-corrected chi connectivity index (χ0v) is 25.2. The Hall–Kier alpha value is -5.21. The lowest BCUT2D eigenvalue weighted by Gasteiger charge is -2.37. The summed E-state index contributed by atoms with van der Waals surface area (Å²) in [7, 11) is 0. The van der Waals surface area contributed by atoms with Crippen molar-refractivity contribution in [2.75, 3.05) is 0 Å². The monoisotopic (exact) mass is 579 g/mol. The summed E-state index contributed by atoms with van der Waals surface area (Å²) in [6.07, 6.45) is 4.51. The molecule has 216 valence electrons. The molecule has 0 bridgehead atoms. The molecule has 0 amide bonds. The molecule has 0 aromatic heterocycles. The summed E-state index contributed by atoms with van der Waals surface area (Å²) in [6, 6.07) is 59.4. The van der Waals surface area contributed by atoms with Gasteiger partial charge in [0.15, 0.2) is 12.1 Å². The van der Waals surface area contributed by atoms with E-state index in [4.69, 9.17) is 0 Å². The Morgan fingerprint density at radius 1 is 0.444 bits per heavy atom. The van der Waals surface area contributed by atoms with Gasteiger partial charge in [-0.1, -0.05) is 158 Å². The fourth-order valence-electron chi connectivity index (χ4n) is 8.12. The molecule has 0 saturated heterocycles. The molecule has 45 heavy (non-hydrogen) atoms. The zero-order chi connectivity index (χ0) is 29.7. The molecule has 6 aromatic carbocycles. The number of benzene rings is 6. The summed E-state index contributed by atoms with van der Waals surface area (Å²) in [6.45, 7) is 0. The molecule has 0 saturated carbocycles. The highest BCUT2D eigenvalue weighted by molar-refractivity contribution is 5.66. The lowest BCUT2D eigenvalue weighted by atomic mass is 9.78. The van der Waals surface area contributed by atoms with Crippen LogP contribution in [0.3, 0.4) is 0 Å². The molecule has 2 heteroatoms. The predicted octanol–water partition coefficient (Wildman–Crippen LogP) is 9.75. The van der Waals surface area contributed by atoms with Gasteiger partial charge in [0.1, 0.15) is 12.1 Å². The maximum absolute atomic E-state index is 2.69. The number of fused-ring (bicyclic) bond motifs is 7. The second kappa shape index (κ2) is 10.7. The molecule has 0 radical (unpaired) electrons. The fourth-order valence-corrected chi connectivity index (χ4v) is 8.12. The highest BCUT2D eigenvalue weighted by atomic mass is 15.4. The molecule has 3 aliphatic rings. The van der Waals surface area contributed by atoms with Crippen LogP contribution in [0.25, 0.3) is 22.3 Å². The number of nitrogens with zero attached hydrogens (tertiary/aromatic N) is 2. The molecule has 0 fully saturated rings. The molecule has 3 heterocycles. The number of rotatable bonds is 4. The van der Waals surface area contributed by atoms with Crippen LogP contribution in [0.2, 0.25) is 0 Å². The molecule has 0 unspecified atom stereocenters. The average Bonchev–Trinajstić information content (AvgIpc) is 3.53. The highest BCUT2D eigenvalue weighted by Crippen LogP contribution is 2.53. The first-order valence-electron chi connectivity index (χ1n) is 16.2. The summed E-state index contributed by atoms with van der Waals surface area (Å²) in [5, 5.41) is 0. The summed E-state index contributed by atoms with van der Waals surface area (Å²) in [4.78, 5) is 2.69. The Bertz CT molecular complexity index is 2010. The zero-order valence-electron chi connectivity index (χ0n) is 25.2. The van der Waals surface area contributed by atoms with Crippen molar-refractivity contribution in [1.29, 1.82) is 0 Å². The van der Waals surface area contributed by atoms with Crippen molar-refractivity contribution >= 4 is 6.34 Å². The van der Waals surface area contributed by atoms with E-state index in [9.17, 15) is 0 Å². The SMILES string of the molecule is C1=[N+]2[C@@H](c3ccc(-c4ccccc4)cc3)Cc3ccccc3[C@@H]2[C@H]2c3ccccc3C[C@H](c3ccc(-c4ccccc4)cc3)N12. The maximum atomic E-state index is 2.69. The Balaban J connectivity index is 1.15. The number of hydrogen-bond acceptors (Lipinski definition) is 1. The van der Waals surface area contributed by atoms with Gasteiger partial charge in [-0.25, -0.2) is 9.48 Å².